The fourth-order valence-corrected chi connectivity index (χ4v) is 5.17. The fourth-order valence-electron chi connectivity index (χ4n) is 4.36. The summed E-state index contributed by atoms with van der Waals surface area (Å²) in [6.07, 6.45) is -0.462. The summed E-state index contributed by atoms with van der Waals surface area (Å²) in [5.74, 6) is -1.44. The van der Waals surface area contributed by atoms with Crippen LogP contribution in [0.5, 0.6) is 0 Å². The van der Waals surface area contributed by atoms with Crippen LogP contribution in [-0.2, 0) is 30.4 Å². The van der Waals surface area contributed by atoms with Crippen molar-refractivity contribution in [3.05, 3.63) is 41.0 Å². The number of aliphatic hydroxyl groups excluding tert-OH is 1. The van der Waals surface area contributed by atoms with Crippen molar-refractivity contribution in [1.82, 2.24) is 20.5 Å². The Balaban J connectivity index is 1.77. The molecule has 0 radical (unpaired) electrons. The van der Waals surface area contributed by atoms with Gasteiger partial charge in [0.25, 0.3) is 5.91 Å². The molecular weight excluding hydrogens is 534 g/mol. The predicted octanol–water partition coefficient (Wildman–Crippen LogP) is 1.22. The fraction of sp³-hybridized carbons (Fsp3) is 0.571. The number of rotatable bonds is 13. The Kier molecular flexibility index (Phi) is 11.7. The zero-order chi connectivity index (χ0) is 29.3. The van der Waals surface area contributed by atoms with E-state index in [9.17, 15) is 19.5 Å². The number of imide groups is 1. The monoisotopic (exact) mass is 575 g/mol. The highest BCUT2D eigenvalue weighted by Crippen LogP contribution is 2.28. The highest BCUT2D eigenvalue weighted by molar-refractivity contribution is 7.13. The molecule has 220 valence electrons. The molecule has 0 unspecified atom stereocenters. The van der Waals surface area contributed by atoms with E-state index in [4.69, 9.17) is 15.2 Å². The second-order valence-electron chi connectivity index (χ2n) is 10.9. The molecule has 40 heavy (non-hydrogen) atoms. The molecule has 5 N–H and O–H groups in total. The molecule has 3 rings (SSSR count). The first kappa shape index (κ1) is 31.8. The van der Waals surface area contributed by atoms with Crippen LogP contribution < -0.4 is 16.4 Å². The Bertz CT molecular complexity index is 1130. The highest BCUT2D eigenvalue weighted by atomic mass is 32.1. The van der Waals surface area contributed by atoms with Gasteiger partial charge >= 0.3 is 0 Å². The van der Waals surface area contributed by atoms with Crippen molar-refractivity contribution in [1.29, 1.82) is 0 Å². The number of nitrogens with zero attached hydrogens (tertiary/aromatic N) is 2. The summed E-state index contributed by atoms with van der Waals surface area (Å²) in [5, 5.41) is 15.8. The van der Waals surface area contributed by atoms with E-state index in [1.54, 1.807) is 16.8 Å². The van der Waals surface area contributed by atoms with Crippen molar-refractivity contribution in [3.63, 3.8) is 0 Å². The summed E-state index contributed by atoms with van der Waals surface area (Å²) in [4.78, 5) is 46.9. The molecule has 11 nitrogen and oxygen atoms in total. The molecule has 0 saturated carbocycles. The topological polar surface area (TPSA) is 156 Å². The van der Waals surface area contributed by atoms with E-state index < -0.39 is 41.3 Å². The molecule has 2 heterocycles. The van der Waals surface area contributed by atoms with Crippen molar-refractivity contribution >= 4 is 29.1 Å². The summed E-state index contributed by atoms with van der Waals surface area (Å²) in [5.41, 5.74) is 9.17. The third-order valence-electron chi connectivity index (χ3n) is 6.53. The molecule has 1 saturated heterocycles. The number of hydrogen-bond acceptors (Lipinski definition) is 10. The van der Waals surface area contributed by atoms with Crippen molar-refractivity contribution < 1.29 is 29.0 Å². The normalized spacial score (nSPS) is 17.9. The smallest absolute Gasteiger partial charge is 0.252 e. The zero-order valence-corrected chi connectivity index (χ0v) is 24.5. The maximum Gasteiger partial charge on any atom is 0.252 e. The lowest BCUT2D eigenvalue weighted by atomic mass is 9.85. The van der Waals surface area contributed by atoms with Crippen molar-refractivity contribution in [2.75, 3.05) is 39.5 Å². The maximum atomic E-state index is 14.0. The number of amides is 3. The zero-order valence-electron chi connectivity index (χ0n) is 23.6. The van der Waals surface area contributed by atoms with E-state index in [-0.39, 0.29) is 32.7 Å². The van der Waals surface area contributed by atoms with Gasteiger partial charge in [-0.1, -0.05) is 45.0 Å². The van der Waals surface area contributed by atoms with Gasteiger partial charge in [-0.2, -0.15) is 0 Å². The second kappa shape index (κ2) is 14.8. The van der Waals surface area contributed by atoms with E-state index in [0.29, 0.717) is 19.8 Å². The first-order valence-corrected chi connectivity index (χ1v) is 14.3. The van der Waals surface area contributed by atoms with Gasteiger partial charge in [0.1, 0.15) is 12.6 Å². The summed E-state index contributed by atoms with van der Waals surface area (Å²) in [6, 6.07) is 5.95. The molecule has 0 aliphatic carbocycles. The number of benzene rings is 1. The Hall–Kier alpha value is -2.74. The average molecular weight is 576 g/mol. The van der Waals surface area contributed by atoms with Crippen LogP contribution in [0.1, 0.15) is 38.4 Å². The van der Waals surface area contributed by atoms with Gasteiger partial charge in [0.05, 0.1) is 54.6 Å². The SMILES string of the molecule is Cc1ncsc1-c1ccc(CN(C(=O)[C@@H]2C[C@@H](O)CN2)C(=O)[C@@H](NC(=O)COCCOCCN)C(C)(C)C)cc1. The molecule has 1 aliphatic rings. The number of thiazole rings is 1. The Morgan fingerprint density at radius 3 is 2.48 bits per heavy atom. The quantitative estimate of drug-likeness (QED) is 0.258. The molecule has 12 heteroatoms. The maximum absolute atomic E-state index is 14.0. The van der Waals surface area contributed by atoms with Crippen LogP contribution in [0.25, 0.3) is 10.4 Å². The molecule has 1 aromatic carbocycles. The summed E-state index contributed by atoms with van der Waals surface area (Å²) in [6.45, 7) is 8.76. The molecule has 0 spiro atoms. The van der Waals surface area contributed by atoms with E-state index in [0.717, 1.165) is 21.7 Å². The van der Waals surface area contributed by atoms with Gasteiger partial charge in [-0.25, -0.2) is 4.98 Å². The van der Waals surface area contributed by atoms with Gasteiger partial charge in [0.2, 0.25) is 11.8 Å². The Morgan fingerprint density at radius 1 is 1.20 bits per heavy atom. The van der Waals surface area contributed by atoms with Crippen LogP contribution in [0.4, 0.5) is 0 Å². The summed E-state index contributed by atoms with van der Waals surface area (Å²) in [7, 11) is 0. The van der Waals surface area contributed by atoms with Gasteiger partial charge in [-0.05, 0) is 29.9 Å². The van der Waals surface area contributed by atoms with Crippen LogP contribution in [-0.4, -0.2) is 90.4 Å². The average Bonchev–Trinajstić information content (AvgIpc) is 3.55. The van der Waals surface area contributed by atoms with Crippen molar-refractivity contribution in [2.24, 2.45) is 11.1 Å². The minimum absolute atomic E-state index is 0.0192. The van der Waals surface area contributed by atoms with Crippen molar-refractivity contribution in [2.45, 2.75) is 58.8 Å². The number of aryl methyl sites for hydroxylation is 1. The number of aromatic nitrogens is 1. The summed E-state index contributed by atoms with van der Waals surface area (Å²) < 4.78 is 10.6. The highest BCUT2D eigenvalue weighted by Gasteiger charge is 2.41. The van der Waals surface area contributed by atoms with Crippen LogP contribution in [0, 0.1) is 12.3 Å². The van der Waals surface area contributed by atoms with Gasteiger partial charge in [0.15, 0.2) is 0 Å². The third-order valence-corrected chi connectivity index (χ3v) is 7.50. The summed E-state index contributed by atoms with van der Waals surface area (Å²) >= 11 is 1.55. The first-order valence-electron chi connectivity index (χ1n) is 13.4. The standard InChI is InChI=1S/C28H41N5O6S/c1-18-24(40-17-31-18)20-7-5-19(6-8-20)15-33(26(36)22-13-21(34)14-30-22)27(37)25(28(2,3)4)32-23(35)16-39-12-11-38-10-9-29/h5-8,17,21-22,25,30,34H,9-16,29H2,1-4H3,(H,32,35)/t21-,22+,25-/m1/s1. The van der Waals surface area contributed by atoms with Gasteiger partial charge in [0, 0.05) is 13.1 Å². The molecular formula is C28H41N5O6S. The number of carbonyl (C=O) groups excluding carboxylic acids is 3. The van der Waals surface area contributed by atoms with Crippen LogP contribution in [0.2, 0.25) is 0 Å². The van der Waals surface area contributed by atoms with E-state index >= 15 is 0 Å². The molecule has 1 aromatic heterocycles. The number of ether oxygens (including phenoxy) is 2. The predicted molar refractivity (Wildman–Crippen MR) is 152 cm³/mol. The van der Waals surface area contributed by atoms with E-state index in [1.165, 1.54) is 4.90 Å². The van der Waals surface area contributed by atoms with Crippen molar-refractivity contribution in [3.8, 4) is 10.4 Å². The van der Waals surface area contributed by atoms with E-state index in [1.807, 2.05) is 52.0 Å². The van der Waals surface area contributed by atoms with Gasteiger partial charge < -0.3 is 30.9 Å². The molecule has 3 atom stereocenters. The number of aliphatic hydroxyl groups is 1. The molecule has 1 aliphatic heterocycles. The van der Waals surface area contributed by atoms with Crippen LogP contribution in [0.3, 0.4) is 0 Å². The van der Waals surface area contributed by atoms with Gasteiger partial charge in [-0.15, -0.1) is 11.3 Å². The number of carbonyl (C=O) groups is 3. The number of hydrogen-bond donors (Lipinski definition) is 4. The molecule has 3 amide bonds. The Labute approximate surface area is 239 Å². The molecule has 2 aromatic rings. The Morgan fingerprint density at radius 2 is 1.90 bits per heavy atom. The molecule has 0 bridgehead atoms. The number of nitrogens with two attached hydrogens (primary N) is 1. The number of nitrogens with one attached hydrogen (secondary N) is 2. The first-order chi connectivity index (χ1) is 19.0. The minimum Gasteiger partial charge on any atom is -0.392 e. The lowest BCUT2D eigenvalue weighted by molar-refractivity contribution is -0.151. The minimum atomic E-state index is -0.994. The van der Waals surface area contributed by atoms with Crippen LogP contribution in [0.15, 0.2) is 29.8 Å². The van der Waals surface area contributed by atoms with E-state index in [2.05, 4.69) is 15.6 Å². The molecule has 1 fully saturated rings. The largest absolute Gasteiger partial charge is 0.392 e. The second-order valence-corrected chi connectivity index (χ2v) is 11.8. The number of β-amino-alcohol motifs (C(OH)–C–C–N with tert-alkyl or cyclic N) is 1. The lowest BCUT2D eigenvalue weighted by Gasteiger charge is -2.35. The van der Waals surface area contributed by atoms with Crippen LogP contribution >= 0.6 is 11.3 Å². The third kappa shape index (κ3) is 8.88. The van der Waals surface area contributed by atoms with Gasteiger partial charge in [-0.3, -0.25) is 19.3 Å². The lowest BCUT2D eigenvalue weighted by Crippen LogP contribution is -2.58.